The summed E-state index contributed by atoms with van der Waals surface area (Å²) < 4.78 is 32.2. The van der Waals surface area contributed by atoms with Crippen LogP contribution in [0.1, 0.15) is 36.0 Å². The van der Waals surface area contributed by atoms with Crippen LogP contribution in [0.5, 0.6) is 0 Å². The van der Waals surface area contributed by atoms with E-state index in [-0.39, 0.29) is 23.0 Å². The van der Waals surface area contributed by atoms with Crippen molar-refractivity contribution in [1.82, 2.24) is 10.0 Å². The maximum absolute atomic E-state index is 12.4. The predicted molar refractivity (Wildman–Crippen MR) is 89.8 cm³/mol. The van der Waals surface area contributed by atoms with Crippen LogP contribution >= 0.6 is 0 Å². The van der Waals surface area contributed by atoms with Crippen LogP contribution in [0.2, 0.25) is 0 Å². The number of carbonyl (C=O) groups excluding carboxylic acids is 1. The van der Waals surface area contributed by atoms with Gasteiger partial charge in [-0.1, -0.05) is 18.9 Å². The van der Waals surface area contributed by atoms with Crippen LogP contribution in [-0.2, 0) is 19.6 Å². The Hall–Kier alpha value is -1.97. The molecule has 3 N–H and O–H groups in total. The maximum atomic E-state index is 12.4. The third kappa shape index (κ3) is 5.25. The van der Waals surface area contributed by atoms with Gasteiger partial charge in [-0.15, -0.1) is 0 Å². The summed E-state index contributed by atoms with van der Waals surface area (Å²) in [6.45, 7) is -0.220. The summed E-state index contributed by atoms with van der Waals surface area (Å²) in [5.74, 6) is -1.76. The maximum Gasteiger partial charge on any atom is 0.334 e. The molecule has 138 valence electrons. The van der Waals surface area contributed by atoms with Gasteiger partial charge in [0.15, 0.2) is 6.10 Å². The number of hydrogen-bond donors (Lipinski definition) is 3. The van der Waals surface area contributed by atoms with Gasteiger partial charge in [-0.05, 0) is 31.0 Å². The fourth-order valence-electron chi connectivity index (χ4n) is 2.69. The van der Waals surface area contributed by atoms with Gasteiger partial charge < -0.3 is 15.2 Å². The Bertz CT molecular complexity index is 728. The van der Waals surface area contributed by atoms with E-state index in [1.54, 1.807) is 0 Å². The molecule has 0 aromatic heterocycles. The van der Waals surface area contributed by atoms with Crippen molar-refractivity contribution < 1.29 is 27.9 Å². The number of nitrogens with one attached hydrogen (secondary N) is 2. The number of methoxy groups -OCH3 is 1. The van der Waals surface area contributed by atoms with E-state index in [0.29, 0.717) is 0 Å². The molecule has 8 nitrogen and oxygen atoms in total. The highest BCUT2D eigenvalue weighted by molar-refractivity contribution is 7.89. The first-order valence-electron chi connectivity index (χ1n) is 7.99. The average Bonchev–Trinajstić information content (AvgIpc) is 3.07. The molecule has 25 heavy (non-hydrogen) atoms. The molecule has 0 aliphatic heterocycles. The smallest absolute Gasteiger partial charge is 0.334 e. The molecule has 9 heteroatoms. The van der Waals surface area contributed by atoms with Gasteiger partial charge in [-0.25, -0.2) is 17.9 Å². The summed E-state index contributed by atoms with van der Waals surface area (Å²) in [6, 6.07) is 5.56. The van der Waals surface area contributed by atoms with Crippen molar-refractivity contribution in [2.75, 3.05) is 13.7 Å². The molecule has 2 rings (SSSR count). The van der Waals surface area contributed by atoms with Crippen LogP contribution in [0.4, 0.5) is 0 Å². The molecule has 0 saturated heterocycles. The van der Waals surface area contributed by atoms with E-state index in [2.05, 4.69) is 10.0 Å². The van der Waals surface area contributed by atoms with Crippen LogP contribution < -0.4 is 10.0 Å². The number of carboxylic acids is 1. The first-order valence-corrected chi connectivity index (χ1v) is 9.48. The van der Waals surface area contributed by atoms with Crippen molar-refractivity contribution in [2.24, 2.45) is 0 Å². The Morgan fingerprint density at radius 1 is 1.32 bits per heavy atom. The molecule has 1 unspecified atom stereocenters. The number of sulfonamides is 1. The average molecular weight is 370 g/mol. The Morgan fingerprint density at radius 2 is 2.00 bits per heavy atom. The summed E-state index contributed by atoms with van der Waals surface area (Å²) in [5, 5.41) is 11.3. The van der Waals surface area contributed by atoms with E-state index in [0.717, 1.165) is 25.7 Å². The lowest BCUT2D eigenvalue weighted by Crippen LogP contribution is -2.38. The zero-order valence-electron chi connectivity index (χ0n) is 13.9. The minimum atomic E-state index is -3.70. The first kappa shape index (κ1) is 19.4. The van der Waals surface area contributed by atoms with E-state index in [1.807, 2.05) is 0 Å². The second kappa shape index (κ2) is 8.41. The Morgan fingerprint density at radius 3 is 2.60 bits per heavy atom. The number of aliphatic carboxylic acids is 1. The summed E-state index contributed by atoms with van der Waals surface area (Å²) >= 11 is 0. The second-order valence-electron chi connectivity index (χ2n) is 5.90. The van der Waals surface area contributed by atoms with Gasteiger partial charge in [0, 0.05) is 18.7 Å². The van der Waals surface area contributed by atoms with E-state index in [9.17, 15) is 18.0 Å². The monoisotopic (exact) mass is 370 g/mol. The molecule has 1 atom stereocenters. The zero-order valence-corrected chi connectivity index (χ0v) is 14.7. The van der Waals surface area contributed by atoms with Gasteiger partial charge in [0.2, 0.25) is 10.0 Å². The number of carbonyl (C=O) groups is 2. The number of benzene rings is 1. The molecule has 1 aromatic rings. The molecule has 0 heterocycles. The molecule has 1 aliphatic carbocycles. The van der Waals surface area contributed by atoms with E-state index >= 15 is 0 Å². The van der Waals surface area contributed by atoms with Gasteiger partial charge in [0.25, 0.3) is 5.91 Å². The molecular weight excluding hydrogens is 348 g/mol. The molecule has 1 amide bonds. The fraction of sp³-hybridized carbons (Fsp3) is 0.500. The standard InChI is InChI=1S/C16H22N2O6S/c1-24-14(16(20)21)10-17-15(19)11-5-4-8-13(9-11)25(22,23)18-12-6-2-3-7-12/h4-5,8-9,12,14,18H,2-3,6-7,10H2,1H3,(H,17,19)(H,20,21). The molecule has 1 aliphatic rings. The fourth-order valence-corrected chi connectivity index (χ4v) is 4.04. The second-order valence-corrected chi connectivity index (χ2v) is 7.62. The largest absolute Gasteiger partial charge is 0.479 e. The van der Waals surface area contributed by atoms with Gasteiger partial charge >= 0.3 is 5.97 Å². The van der Waals surface area contributed by atoms with Crippen molar-refractivity contribution in [3.8, 4) is 0 Å². The summed E-state index contributed by atoms with van der Waals surface area (Å²) in [7, 11) is -2.47. The van der Waals surface area contributed by atoms with Crippen molar-refractivity contribution >= 4 is 21.9 Å². The van der Waals surface area contributed by atoms with Crippen LogP contribution in [0.3, 0.4) is 0 Å². The highest BCUT2D eigenvalue weighted by Gasteiger charge is 2.24. The predicted octanol–water partition coefficient (Wildman–Crippen LogP) is 0.737. The van der Waals surface area contributed by atoms with Crippen LogP contribution in [0, 0.1) is 0 Å². The zero-order chi connectivity index (χ0) is 18.4. The topological polar surface area (TPSA) is 122 Å². The molecule has 0 radical (unpaired) electrons. The Kier molecular flexibility index (Phi) is 6.51. The number of rotatable bonds is 8. The summed E-state index contributed by atoms with van der Waals surface area (Å²) in [5.41, 5.74) is 0.134. The SMILES string of the molecule is COC(CNC(=O)c1cccc(S(=O)(=O)NC2CCCC2)c1)C(=O)O. The minimum Gasteiger partial charge on any atom is -0.479 e. The van der Waals surface area contributed by atoms with Gasteiger partial charge in [0.1, 0.15) is 0 Å². The number of carboxylic acid groups (broad SMARTS) is 1. The third-order valence-electron chi connectivity index (χ3n) is 4.09. The van der Waals surface area contributed by atoms with Gasteiger partial charge in [-0.2, -0.15) is 0 Å². The van der Waals surface area contributed by atoms with Crippen LogP contribution in [-0.4, -0.2) is 51.2 Å². The van der Waals surface area contributed by atoms with Gasteiger partial charge in [-0.3, -0.25) is 4.79 Å². The van der Waals surface area contributed by atoms with Crippen LogP contribution in [0.15, 0.2) is 29.2 Å². The third-order valence-corrected chi connectivity index (χ3v) is 5.61. The van der Waals surface area contributed by atoms with Gasteiger partial charge in [0.05, 0.1) is 11.4 Å². The number of hydrogen-bond acceptors (Lipinski definition) is 5. The number of ether oxygens (including phenoxy) is 1. The first-order chi connectivity index (χ1) is 11.8. The van der Waals surface area contributed by atoms with E-state index in [1.165, 1.54) is 31.4 Å². The molecule has 0 bridgehead atoms. The van der Waals surface area contributed by atoms with Crippen molar-refractivity contribution in [1.29, 1.82) is 0 Å². The molecule has 1 saturated carbocycles. The van der Waals surface area contributed by atoms with Crippen LogP contribution in [0.25, 0.3) is 0 Å². The van der Waals surface area contributed by atoms with Crippen molar-refractivity contribution in [2.45, 2.75) is 42.7 Å². The number of amides is 1. The van der Waals surface area contributed by atoms with E-state index < -0.39 is 28.0 Å². The summed E-state index contributed by atoms with van der Waals surface area (Å²) in [6.07, 6.45) is 2.46. The van der Waals surface area contributed by atoms with Crippen molar-refractivity contribution in [3.63, 3.8) is 0 Å². The lowest BCUT2D eigenvalue weighted by atomic mass is 10.2. The lowest BCUT2D eigenvalue weighted by molar-refractivity contribution is -0.148. The molecule has 0 spiro atoms. The molecule has 1 fully saturated rings. The Labute approximate surface area is 146 Å². The normalized spacial score (nSPS) is 16.5. The Balaban J connectivity index is 2.06. The highest BCUT2D eigenvalue weighted by Crippen LogP contribution is 2.20. The van der Waals surface area contributed by atoms with Crippen molar-refractivity contribution in [3.05, 3.63) is 29.8 Å². The highest BCUT2D eigenvalue weighted by atomic mass is 32.2. The lowest BCUT2D eigenvalue weighted by Gasteiger charge is -2.14. The summed E-state index contributed by atoms with van der Waals surface area (Å²) in [4.78, 5) is 23.0. The van der Waals surface area contributed by atoms with E-state index in [4.69, 9.17) is 9.84 Å². The molecule has 1 aromatic carbocycles. The quantitative estimate of drug-likeness (QED) is 0.620. The molecular formula is C16H22N2O6S. The minimum absolute atomic E-state index is 0.00794.